The van der Waals surface area contributed by atoms with E-state index in [1.54, 1.807) is 24.3 Å². The molecule has 28 heavy (non-hydrogen) atoms. The smallest absolute Gasteiger partial charge is 0.240 e. The van der Waals surface area contributed by atoms with Crippen LogP contribution < -0.4 is 9.46 Å². The Labute approximate surface area is 166 Å². The number of aromatic nitrogens is 1. The van der Waals surface area contributed by atoms with Gasteiger partial charge in [0.25, 0.3) is 0 Å². The summed E-state index contributed by atoms with van der Waals surface area (Å²) < 4.78 is 33.8. The van der Waals surface area contributed by atoms with Crippen LogP contribution in [-0.4, -0.2) is 26.1 Å². The number of hydrogen-bond acceptors (Lipinski definition) is 3. The molecule has 0 radical (unpaired) electrons. The highest BCUT2D eigenvalue weighted by molar-refractivity contribution is 7.89. The molecular formula is C22H26N2O3S. The van der Waals surface area contributed by atoms with Crippen molar-refractivity contribution >= 4 is 20.9 Å². The zero-order valence-corrected chi connectivity index (χ0v) is 16.9. The molecule has 0 saturated heterocycles. The number of fused-ring (bicyclic) bond motifs is 1. The van der Waals surface area contributed by atoms with Gasteiger partial charge in [0, 0.05) is 23.1 Å². The summed E-state index contributed by atoms with van der Waals surface area (Å²) in [5.74, 6) is 0.736. The summed E-state index contributed by atoms with van der Waals surface area (Å²) in [5, 5.41) is 1.15. The molecule has 0 atom stereocenters. The molecule has 1 heterocycles. The number of aromatic amines is 1. The monoisotopic (exact) mass is 398 g/mol. The number of ether oxygens (including phenoxy) is 1. The van der Waals surface area contributed by atoms with E-state index in [1.807, 2.05) is 25.1 Å². The molecule has 148 valence electrons. The Morgan fingerprint density at radius 2 is 1.79 bits per heavy atom. The third kappa shape index (κ3) is 4.08. The molecule has 1 saturated carbocycles. The minimum absolute atomic E-state index is 0.264. The van der Waals surface area contributed by atoms with E-state index in [1.165, 1.54) is 12.8 Å². The number of aryl methyl sites for hydroxylation is 1. The zero-order valence-electron chi connectivity index (χ0n) is 16.1. The highest BCUT2D eigenvalue weighted by atomic mass is 32.2. The SMILES string of the molecule is Cc1[nH]c2ccccc2c1CCNS(=O)(=O)c1ccc(OC2CCCC2)cc1. The predicted molar refractivity (Wildman–Crippen MR) is 111 cm³/mol. The van der Waals surface area contributed by atoms with Crippen LogP contribution in [0.15, 0.2) is 53.4 Å². The first-order valence-electron chi connectivity index (χ1n) is 9.85. The van der Waals surface area contributed by atoms with Crippen LogP contribution in [0, 0.1) is 6.92 Å². The van der Waals surface area contributed by atoms with Gasteiger partial charge >= 0.3 is 0 Å². The second-order valence-corrected chi connectivity index (χ2v) is 9.18. The Balaban J connectivity index is 1.39. The lowest BCUT2D eigenvalue weighted by atomic mass is 10.1. The van der Waals surface area contributed by atoms with Crippen LogP contribution in [0.25, 0.3) is 10.9 Å². The fourth-order valence-electron chi connectivity index (χ4n) is 3.95. The van der Waals surface area contributed by atoms with E-state index < -0.39 is 10.0 Å². The Morgan fingerprint density at radius 3 is 2.54 bits per heavy atom. The van der Waals surface area contributed by atoms with Crippen LogP contribution in [0.5, 0.6) is 5.75 Å². The van der Waals surface area contributed by atoms with E-state index in [4.69, 9.17) is 4.74 Å². The molecule has 0 amide bonds. The van der Waals surface area contributed by atoms with Crippen LogP contribution in [-0.2, 0) is 16.4 Å². The van der Waals surface area contributed by atoms with E-state index in [0.29, 0.717) is 13.0 Å². The summed E-state index contributed by atoms with van der Waals surface area (Å²) in [6.45, 7) is 2.37. The van der Waals surface area contributed by atoms with Gasteiger partial charge in [0.05, 0.1) is 11.0 Å². The Hall–Kier alpha value is -2.31. The molecule has 0 bridgehead atoms. The van der Waals surface area contributed by atoms with Crippen molar-refractivity contribution in [2.45, 2.75) is 50.0 Å². The van der Waals surface area contributed by atoms with Gasteiger partial charge in [-0.3, -0.25) is 0 Å². The van der Waals surface area contributed by atoms with Crippen molar-refractivity contribution in [2.24, 2.45) is 0 Å². The second-order valence-electron chi connectivity index (χ2n) is 7.42. The number of nitrogens with one attached hydrogen (secondary N) is 2. The van der Waals surface area contributed by atoms with Gasteiger partial charge in [-0.25, -0.2) is 13.1 Å². The minimum atomic E-state index is -3.54. The fraction of sp³-hybridized carbons (Fsp3) is 0.364. The standard InChI is InChI=1S/C22H26N2O3S/c1-16-20(21-8-4-5-9-22(21)24-16)14-15-23-28(25,26)19-12-10-18(11-13-19)27-17-6-2-3-7-17/h4-5,8-13,17,23-24H,2-3,6-7,14-15H2,1H3. The van der Waals surface area contributed by atoms with E-state index in [2.05, 4.69) is 15.8 Å². The zero-order chi connectivity index (χ0) is 19.6. The van der Waals surface area contributed by atoms with Crippen molar-refractivity contribution in [3.8, 4) is 5.75 Å². The maximum absolute atomic E-state index is 12.6. The van der Waals surface area contributed by atoms with Gasteiger partial charge in [0.1, 0.15) is 5.75 Å². The van der Waals surface area contributed by atoms with Gasteiger partial charge in [-0.15, -0.1) is 0 Å². The summed E-state index contributed by atoms with van der Waals surface area (Å²) in [4.78, 5) is 3.62. The van der Waals surface area contributed by atoms with Gasteiger partial charge in [-0.05, 0) is 74.9 Å². The lowest BCUT2D eigenvalue weighted by Crippen LogP contribution is -2.26. The summed E-state index contributed by atoms with van der Waals surface area (Å²) in [5.41, 5.74) is 3.31. The summed E-state index contributed by atoms with van der Waals surface area (Å²) in [6, 6.07) is 14.8. The molecule has 6 heteroatoms. The number of sulfonamides is 1. The first-order valence-corrected chi connectivity index (χ1v) is 11.3. The third-order valence-corrected chi connectivity index (χ3v) is 6.91. The number of benzene rings is 2. The molecule has 2 aromatic carbocycles. The molecule has 0 spiro atoms. The molecule has 3 aromatic rings. The average molecular weight is 399 g/mol. The topological polar surface area (TPSA) is 71.2 Å². The van der Waals surface area contributed by atoms with Crippen molar-refractivity contribution in [1.82, 2.24) is 9.71 Å². The number of rotatable bonds is 7. The second kappa shape index (κ2) is 7.97. The average Bonchev–Trinajstić information content (AvgIpc) is 3.30. The van der Waals surface area contributed by atoms with Gasteiger partial charge < -0.3 is 9.72 Å². The summed E-state index contributed by atoms with van der Waals surface area (Å²) in [7, 11) is -3.54. The Kier molecular flexibility index (Phi) is 5.42. The molecule has 1 aliphatic rings. The van der Waals surface area contributed by atoms with Crippen LogP contribution >= 0.6 is 0 Å². The van der Waals surface area contributed by atoms with Crippen molar-refractivity contribution in [3.63, 3.8) is 0 Å². The van der Waals surface area contributed by atoms with Crippen LogP contribution in [0.1, 0.15) is 36.9 Å². The van der Waals surface area contributed by atoms with Gasteiger partial charge in [-0.2, -0.15) is 0 Å². The van der Waals surface area contributed by atoms with Gasteiger partial charge in [0.15, 0.2) is 0 Å². The number of para-hydroxylation sites is 1. The summed E-state index contributed by atoms with van der Waals surface area (Å²) in [6.07, 6.45) is 5.47. The molecule has 1 aliphatic carbocycles. The highest BCUT2D eigenvalue weighted by Gasteiger charge is 2.18. The van der Waals surface area contributed by atoms with Crippen molar-refractivity contribution < 1.29 is 13.2 Å². The van der Waals surface area contributed by atoms with Crippen LogP contribution in [0.3, 0.4) is 0 Å². The molecule has 1 aromatic heterocycles. The highest BCUT2D eigenvalue weighted by Crippen LogP contribution is 2.25. The van der Waals surface area contributed by atoms with Gasteiger partial charge in [0.2, 0.25) is 10.0 Å². The van der Waals surface area contributed by atoms with Gasteiger partial charge in [-0.1, -0.05) is 18.2 Å². The van der Waals surface area contributed by atoms with Crippen molar-refractivity contribution in [2.75, 3.05) is 6.54 Å². The molecule has 1 fully saturated rings. The first-order chi connectivity index (χ1) is 13.5. The lowest BCUT2D eigenvalue weighted by Gasteiger charge is -2.13. The normalized spacial score (nSPS) is 15.3. The lowest BCUT2D eigenvalue weighted by molar-refractivity contribution is 0.210. The largest absolute Gasteiger partial charge is 0.490 e. The fourth-order valence-corrected chi connectivity index (χ4v) is 4.98. The van der Waals surface area contributed by atoms with Crippen molar-refractivity contribution in [3.05, 3.63) is 59.8 Å². The van der Waals surface area contributed by atoms with Crippen LogP contribution in [0.4, 0.5) is 0 Å². The molecule has 0 aliphatic heterocycles. The predicted octanol–water partition coefficient (Wildman–Crippen LogP) is 4.32. The molecule has 2 N–H and O–H groups in total. The molecule has 5 nitrogen and oxygen atoms in total. The van der Waals surface area contributed by atoms with E-state index in [9.17, 15) is 8.42 Å². The number of hydrogen-bond donors (Lipinski definition) is 2. The number of H-pyrrole nitrogens is 1. The van der Waals surface area contributed by atoms with Crippen molar-refractivity contribution in [1.29, 1.82) is 0 Å². The maximum Gasteiger partial charge on any atom is 0.240 e. The third-order valence-electron chi connectivity index (χ3n) is 5.43. The Morgan fingerprint density at radius 1 is 1.07 bits per heavy atom. The quantitative estimate of drug-likeness (QED) is 0.623. The minimum Gasteiger partial charge on any atom is -0.490 e. The van der Waals surface area contributed by atoms with E-state index in [-0.39, 0.29) is 11.0 Å². The molecule has 0 unspecified atom stereocenters. The molecular weight excluding hydrogens is 372 g/mol. The summed E-state index contributed by atoms with van der Waals surface area (Å²) >= 11 is 0. The first kappa shape index (κ1) is 19.0. The van der Waals surface area contributed by atoms with E-state index >= 15 is 0 Å². The van der Waals surface area contributed by atoms with Crippen LogP contribution in [0.2, 0.25) is 0 Å². The van der Waals surface area contributed by atoms with E-state index in [0.717, 1.165) is 40.8 Å². The molecule has 4 rings (SSSR count). The Bertz CT molecular complexity index is 1050. The maximum atomic E-state index is 12.6.